The van der Waals surface area contributed by atoms with Crippen LogP contribution >= 0.6 is 0 Å². The van der Waals surface area contributed by atoms with Crippen LogP contribution in [-0.2, 0) is 13.1 Å². The van der Waals surface area contributed by atoms with Gasteiger partial charge in [0.2, 0.25) is 0 Å². The second-order valence-electron chi connectivity index (χ2n) is 6.28. The highest BCUT2D eigenvalue weighted by molar-refractivity contribution is 5.84. The molecule has 0 saturated heterocycles. The molecule has 0 amide bonds. The quantitative estimate of drug-likeness (QED) is 0.743. The Morgan fingerprint density at radius 1 is 1.04 bits per heavy atom. The summed E-state index contributed by atoms with van der Waals surface area (Å²) < 4.78 is 5.30. The van der Waals surface area contributed by atoms with Gasteiger partial charge in [0.05, 0.1) is 0 Å². The van der Waals surface area contributed by atoms with Gasteiger partial charge < -0.3 is 9.52 Å². The van der Waals surface area contributed by atoms with Crippen molar-refractivity contribution >= 4 is 11.0 Å². The summed E-state index contributed by atoms with van der Waals surface area (Å²) in [5.41, 5.74) is 4.08. The molecular formula is C20H21NO3. The predicted octanol–water partition coefficient (Wildman–Crippen LogP) is 3.75. The van der Waals surface area contributed by atoms with Crippen LogP contribution in [0, 0.1) is 13.8 Å². The molecule has 0 radical (unpaired) electrons. The lowest BCUT2D eigenvalue weighted by Crippen LogP contribution is -2.19. The van der Waals surface area contributed by atoms with Crippen LogP contribution in [0.2, 0.25) is 0 Å². The second-order valence-corrected chi connectivity index (χ2v) is 6.28. The van der Waals surface area contributed by atoms with Crippen molar-refractivity contribution < 1.29 is 9.52 Å². The molecule has 0 fully saturated rings. The van der Waals surface area contributed by atoms with Crippen LogP contribution in [0.25, 0.3) is 11.0 Å². The van der Waals surface area contributed by atoms with E-state index in [1.54, 1.807) is 19.1 Å². The van der Waals surface area contributed by atoms with Gasteiger partial charge >= 0.3 is 5.63 Å². The summed E-state index contributed by atoms with van der Waals surface area (Å²) in [7, 11) is 2.03. The standard InChI is InChI=1S/C20H21NO3/c1-13-6-4-5-7-15(13)11-21(3)12-16-10-19(23)24-20-14(2)18(22)9-8-17(16)20/h4-10,22H,11-12H2,1-3H3. The van der Waals surface area contributed by atoms with Crippen molar-refractivity contribution in [2.75, 3.05) is 7.05 Å². The molecule has 0 aliphatic heterocycles. The van der Waals surface area contributed by atoms with Crippen molar-refractivity contribution in [3.05, 3.63) is 75.1 Å². The van der Waals surface area contributed by atoms with Crippen molar-refractivity contribution in [1.82, 2.24) is 4.90 Å². The van der Waals surface area contributed by atoms with Gasteiger partial charge in [0.15, 0.2) is 0 Å². The van der Waals surface area contributed by atoms with Gasteiger partial charge in [-0.05, 0) is 49.7 Å². The molecule has 2 aromatic carbocycles. The average Bonchev–Trinajstić information content (AvgIpc) is 2.53. The van der Waals surface area contributed by atoms with Gasteiger partial charge in [-0.25, -0.2) is 4.79 Å². The predicted molar refractivity (Wildman–Crippen MR) is 95.2 cm³/mol. The molecule has 0 aliphatic rings. The number of nitrogens with zero attached hydrogens (tertiary/aromatic N) is 1. The zero-order chi connectivity index (χ0) is 17.3. The molecule has 0 spiro atoms. The normalized spacial score (nSPS) is 11.3. The van der Waals surface area contributed by atoms with E-state index in [2.05, 4.69) is 24.0 Å². The highest BCUT2D eigenvalue weighted by Crippen LogP contribution is 2.28. The Labute approximate surface area is 141 Å². The minimum Gasteiger partial charge on any atom is -0.508 e. The summed E-state index contributed by atoms with van der Waals surface area (Å²) in [5, 5.41) is 10.7. The van der Waals surface area contributed by atoms with Crippen LogP contribution in [-0.4, -0.2) is 17.1 Å². The number of fused-ring (bicyclic) bond motifs is 1. The number of aromatic hydroxyl groups is 1. The van der Waals surface area contributed by atoms with Gasteiger partial charge in [0, 0.05) is 30.1 Å². The first-order valence-corrected chi connectivity index (χ1v) is 7.94. The maximum absolute atomic E-state index is 11.9. The summed E-state index contributed by atoms with van der Waals surface area (Å²) in [4.78, 5) is 14.1. The van der Waals surface area contributed by atoms with E-state index in [0.717, 1.165) is 17.5 Å². The maximum Gasteiger partial charge on any atom is 0.336 e. The van der Waals surface area contributed by atoms with Gasteiger partial charge in [0.1, 0.15) is 11.3 Å². The molecule has 3 aromatic rings. The summed E-state index contributed by atoms with van der Waals surface area (Å²) in [6, 6.07) is 13.3. The average molecular weight is 323 g/mol. The van der Waals surface area contributed by atoms with Crippen LogP contribution in [0.5, 0.6) is 5.75 Å². The van der Waals surface area contributed by atoms with E-state index in [4.69, 9.17) is 4.42 Å². The minimum atomic E-state index is -0.393. The second kappa shape index (κ2) is 6.49. The molecule has 4 nitrogen and oxygen atoms in total. The van der Waals surface area contributed by atoms with E-state index >= 15 is 0 Å². The van der Waals surface area contributed by atoms with E-state index in [9.17, 15) is 9.90 Å². The van der Waals surface area contributed by atoms with Gasteiger partial charge in [-0.3, -0.25) is 4.90 Å². The lowest BCUT2D eigenvalue weighted by molar-refractivity contribution is 0.318. The first-order chi connectivity index (χ1) is 11.5. The number of rotatable bonds is 4. The topological polar surface area (TPSA) is 53.7 Å². The molecular weight excluding hydrogens is 302 g/mol. The number of hydrogen-bond acceptors (Lipinski definition) is 4. The fourth-order valence-electron chi connectivity index (χ4n) is 2.97. The molecule has 124 valence electrons. The van der Waals surface area contributed by atoms with Gasteiger partial charge in [-0.15, -0.1) is 0 Å². The fraction of sp³-hybridized carbons (Fsp3) is 0.250. The van der Waals surface area contributed by atoms with E-state index in [0.29, 0.717) is 17.7 Å². The molecule has 1 aromatic heterocycles. The van der Waals surface area contributed by atoms with Gasteiger partial charge in [-0.2, -0.15) is 0 Å². The van der Waals surface area contributed by atoms with Crippen molar-refractivity contribution in [1.29, 1.82) is 0 Å². The molecule has 0 bridgehead atoms. The van der Waals surface area contributed by atoms with Gasteiger partial charge in [0.25, 0.3) is 0 Å². The third-order valence-corrected chi connectivity index (χ3v) is 4.36. The maximum atomic E-state index is 11.9. The van der Waals surface area contributed by atoms with Crippen molar-refractivity contribution in [3.63, 3.8) is 0 Å². The Kier molecular flexibility index (Phi) is 4.40. The molecule has 1 N–H and O–H groups in total. The first kappa shape index (κ1) is 16.3. The molecule has 4 heteroatoms. The largest absolute Gasteiger partial charge is 0.508 e. The Balaban J connectivity index is 1.94. The summed E-state index contributed by atoms with van der Waals surface area (Å²) >= 11 is 0. The van der Waals surface area contributed by atoms with Crippen LogP contribution in [0.3, 0.4) is 0 Å². The summed E-state index contributed by atoms with van der Waals surface area (Å²) in [5.74, 6) is 0.135. The monoisotopic (exact) mass is 323 g/mol. The number of phenolic OH excluding ortho intramolecular Hbond substituents is 1. The highest BCUT2D eigenvalue weighted by atomic mass is 16.4. The molecule has 0 atom stereocenters. The van der Waals surface area contributed by atoms with E-state index in [1.807, 2.05) is 19.2 Å². The van der Waals surface area contributed by atoms with E-state index in [1.165, 1.54) is 17.2 Å². The first-order valence-electron chi connectivity index (χ1n) is 7.94. The number of aryl methyl sites for hydroxylation is 2. The molecule has 24 heavy (non-hydrogen) atoms. The summed E-state index contributed by atoms with van der Waals surface area (Å²) in [6.45, 7) is 5.27. The van der Waals surface area contributed by atoms with Crippen LogP contribution in [0.15, 0.2) is 51.7 Å². The molecule has 1 heterocycles. The number of hydrogen-bond donors (Lipinski definition) is 1. The van der Waals surface area contributed by atoms with E-state index in [-0.39, 0.29) is 5.75 Å². The molecule has 3 rings (SSSR count). The van der Waals surface area contributed by atoms with Crippen molar-refractivity contribution in [3.8, 4) is 5.75 Å². The molecule has 0 saturated carbocycles. The van der Waals surface area contributed by atoms with Crippen LogP contribution < -0.4 is 5.63 Å². The lowest BCUT2D eigenvalue weighted by atomic mass is 10.1. The number of phenols is 1. The molecule has 0 unspecified atom stereocenters. The van der Waals surface area contributed by atoms with Gasteiger partial charge in [-0.1, -0.05) is 24.3 Å². The van der Waals surface area contributed by atoms with E-state index < -0.39 is 5.63 Å². The van der Waals surface area contributed by atoms with Crippen molar-refractivity contribution in [2.24, 2.45) is 0 Å². The zero-order valence-electron chi connectivity index (χ0n) is 14.2. The Morgan fingerprint density at radius 2 is 1.75 bits per heavy atom. The highest BCUT2D eigenvalue weighted by Gasteiger charge is 2.12. The Hall–Kier alpha value is -2.59. The Morgan fingerprint density at radius 3 is 2.50 bits per heavy atom. The fourth-order valence-corrected chi connectivity index (χ4v) is 2.97. The minimum absolute atomic E-state index is 0.135. The zero-order valence-corrected chi connectivity index (χ0v) is 14.2. The lowest BCUT2D eigenvalue weighted by Gasteiger charge is -2.19. The Bertz CT molecular complexity index is 943. The third-order valence-electron chi connectivity index (χ3n) is 4.36. The van der Waals surface area contributed by atoms with Crippen molar-refractivity contribution in [2.45, 2.75) is 26.9 Å². The smallest absolute Gasteiger partial charge is 0.336 e. The van der Waals surface area contributed by atoms with Crippen LogP contribution in [0.1, 0.15) is 22.3 Å². The SMILES string of the molecule is Cc1ccccc1CN(C)Cc1cc(=O)oc2c(C)c(O)ccc12. The number of benzene rings is 2. The molecule has 0 aliphatic carbocycles. The third kappa shape index (κ3) is 3.19. The van der Waals surface area contributed by atoms with Crippen LogP contribution in [0.4, 0.5) is 0 Å². The summed E-state index contributed by atoms with van der Waals surface area (Å²) in [6.07, 6.45) is 0.